The van der Waals surface area contributed by atoms with Gasteiger partial charge in [-0.05, 0) is 52.3 Å². The van der Waals surface area contributed by atoms with E-state index in [2.05, 4.69) is 0 Å². The Bertz CT molecular complexity index is 432. The summed E-state index contributed by atoms with van der Waals surface area (Å²) in [6, 6.07) is 7.50. The van der Waals surface area contributed by atoms with E-state index in [9.17, 15) is 4.79 Å². The average Bonchev–Trinajstić information content (AvgIpc) is 2.38. The van der Waals surface area contributed by atoms with Gasteiger partial charge in [-0.2, -0.15) is 0 Å². The average molecular weight is 298 g/mol. The molecule has 0 aliphatic carbocycles. The van der Waals surface area contributed by atoms with Crippen molar-refractivity contribution in [1.29, 1.82) is 0 Å². The van der Waals surface area contributed by atoms with Crippen LogP contribution in [0.5, 0.6) is 5.75 Å². The molecular weight excluding hydrogens is 274 g/mol. The fourth-order valence-corrected chi connectivity index (χ4v) is 2.08. The van der Waals surface area contributed by atoms with Gasteiger partial charge in [0.25, 0.3) is 5.91 Å². The van der Waals surface area contributed by atoms with E-state index in [0.29, 0.717) is 18.0 Å². The van der Waals surface area contributed by atoms with Gasteiger partial charge in [0.05, 0.1) is 6.10 Å². The number of carbonyl (C=O) groups excluding carboxylic acids is 1. The van der Waals surface area contributed by atoms with Crippen LogP contribution in [0.2, 0.25) is 0 Å². The number of nitrogens with zero attached hydrogens (tertiary/aromatic N) is 1. The zero-order chi connectivity index (χ0) is 15.1. The van der Waals surface area contributed by atoms with Gasteiger partial charge in [0.1, 0.15) is 5.75 Å². The van der Waals surface area contributed by atoms with E-state index in [1.54, 1.807) is 6.07 Å². The van der Waals surface area contributed by atoms with E-state index >= 15 is 0 Å². The summed E-state index contributed by atoms with van der Waals surface area (Å²) in [6.07, 6.45) is 0.894. The molecule has 4 heteroatoms. The number of hydrogen-bond acceptors (Lipinski definition) is 2. The Morgan fingerprint density at radius 3 is 2.55 bits per heavy atom. The number of halogens is 1. The zero-order valence-corrected chi connectivity index (χ0v) is 13.5. The highest BCUT2D eigenvalue weighted by Gasteiger charge is 2.18. The van der Waals surface area contributed by atoms with Crippen molar-refractivity contribution in [3.05, 3.63) is 29.8 Å². The van der Waals surface area contributed by atoms with Crippen LogP contribution >= 0.6 is 11.6 Å². The lowest BCUT2D eigenvalue weighted by Gasteiger charge is -2.26. The minimum Gasteiger partial charge on any atom is -0.491 e. The summed E-state index contributed by atoms with van der Waals surface area (Å²) in [4.78, 5) is 14.4. The molecule has 0 bridgehead atoms. The Labute approximate surface area is 126 Å². The highest BCUT2D eigenvalue weighted by atomic mass is 35.5. The minimum atomic E-state index is 0.0272. The van der Waals surface area contributed by atoms with Gasteiger partial charge in [-0.25, -0.2) is 0 Å². The maximum Gasteiger partial charge on any atom is 0.254 e. The maximum absolute atomic E-state index is 12.6. The smallest absolute Gasteiger partial charge is 0.254 e. The largest absolute Gasteiger partial charge is 0.491 e. The van der Waals surface area contributed by atoms with Crippen LogP contribution in [-0.2, 0) is 0 Å². The van der Waals surface area contributed by atoms with Crippen molar-refractivity contribution in [3.63, 3.8) is 0 Å². The second-order valence-electron chi connectivity index (χ2n) is 5.33. The summed E-state index contributed by atoms with van der Waals surface area (Å²) in [6.45, 7) is 8.64. The fourth-order valence-electron chi connectivity index (χ4n) is 1.96. The molecule has 0 spiro atoms. The van der Waals surface area contributed by atoms with E-state index in [-0.39, 0.29) is 18.1 Å². The summed E-state index contributed by atoms with van der Waals surface area (Å²) in [5, 5.41) is 0. The highest BCUT2D eigenvalue weighted by molar-refractivity contribution is 6.17. The first kappa shape index (κ1) is 16.8. The molecule has 0 fully saturated rings. The van der Waals surface area contributed by atoms with Crippen LogP contribution in [0.1, 0.15) is 44.5 Å². The van der Waals surface area contributed by atoms with Crippen LogP contribution in [0, 0.1) is 0 Å². The van der Waals surface area contributed by atoms with Crippen LogP contribution in [0.3, 0.4) is 0 Å². The summed E-state index contributed by atoms with van der Waals surface area (Å²) in [5.41, 5.74) is 0.659. The van der Waals surface area contributed by atoms with Gasteiger partial charge in [-0.3, -0.25) is 4.79 Å². The van der Waals surface area contributed by atoms with Crippen LogP contribution in [0.4, 0.5) is 0 Å². The highest BCUT2D eigenvalue weighted by Crippen LogP contribution is 2.17. The van der Waals surface area contributed by atoms with Gasteiger partial charge in [0.2, 0.25) is 0 Å². The molecule has 0 heterocycles. The van der Waals surface area contributed by atoms with Gasteiger partial charge >= 0.3 is 0 Å². The number of hydrogen-bond donors (Lipinski definition) is 0. The second kappa shape index (κ2) is 8.15. The Morgan fingerprint density at radius 1 is 1.30 bits per heavy atom. The molecule has 0 aliphatic heterocycles. The van der Waals surface area contributed by atoms with E-state index in [1.165, 1.54) is 0 Å². The Hall–Kier alpha value is -1.22. The number of amides is 1. The summed E-state index contributed by atoms with van der Waals surface area (Å²) < 4.78 is 5.63. The molecular formula is C16H24ClNO2. The number of ether oxygens (including phenoxy) is 1. The maximum atomic E-state index is 12.6. The van der Waals surface area contributed by atoms with E-state index in [4.69, 9.17) is 16.3 Å². The van der Waals surface area contributed by atoms with Gasteiger partial charge < -0.3 is 9.64 Å². The first-order valence-corrected chi connectivity index (χ1v) is 7.62. The number of alkyl halides is 1. The van der Waals surface area contributed by atoms with Gasteiger partial charge in [-0.1, -0.05) is 6.07 Å². The molecule has 0 atom stereocenters. The quantitative estimate of drug-likeness (QED) is 0.713. The number of rotatable bonds is 7. The van der Waals surface area contributed by atoms with Crippen molar-refractivity contribution in [3.8, 4) is 5.75 Å². The predicted octanol–water partition coefficient (Wildman–Crippen LogP) is 3.95. The molecule has 0 N–H and O–H groups in total. The Kier molecular flexibility index (Phi) is 6.86. The van der Waals surface area contributed by atoms with Crippen molar-refractivity contribution >= 4 is 17.5 Å². The van der Waals surface area contributed by atoms with Crippen LogP contribution in [0.25, 0.3) is 0 Å². The first-order chi connectivity index (χ1) is 9.45. The van der Waals surface area contributed by atoms with E-state index < -0.39 is 0 Å². The van der Waals surface area contributed by atoms with Gasteiger partial charge in [-0.15, -0.1) is 11.6 Å². The topological polar surface area (TPSA) is 29.5 Å². The molecule has 112 valence electrons. The summed E-state index contributed by atoms with van der Waals surface area (Å²) in [5.74, 6) is 1.32. The molecule has 20 heavy (non-hydrogen) atoms. The normalized spacial score (nSPS) is 10.9. The van der Waals surface area contributed by atoms with Crippen molar-refractivity contribution in [2.45, 2.75) is 46.3 Å². The van der Waals surface area contributed by atoms with Crippen LogP contribution in [0.15, 0.2) is 24.3 Å². The van der Waals surface area contributed by atoms with Crippen molar-refractivity contribution < 1.29 is 9.53 Å². The van der Waals surface area contributed by atoms with Crippen LogP contribution in [-0.4, -0.2) is 35.4 Å². The molecule has 1 rings (SSSR count). The molecule has 3 nitrogen and oxygen atoms in total. The third kappa shape index (κ3) is 5.04. The molecule has 0 aliphatic rings. The molecule has 0 aromatic heterocycles. The summed E-state index contributed by atoms with van der Waals surface area (Å²) >= 11 is 5.73. The predicted molar refractivity (Wildman–Crippen MR) is 83.7 cm³/mol. The van der Waals surface area contributed by atoms with Gasteiger partial charge in [0.15, 0.2) is 0 Å². The zero-order valence-electron chi connectivity index (χ0n) is 12.7. The third-order valence-corrected chi connectivity index (χ3v) is 3.14. The lowest BCUT2D eigenvalue weighted by molar-refractivity contribution is 0.0705. The lowest BCUT2D eigenvalue weighted by Crippen LogP contribution is -2.37. The van der Waals surface area contributed by atoms with Crippen molar-refractivity contribution in [2.24, 2.45) is 0 Å². The first-order valence-electron chi connectivity index (χ1n) is 7.09. The molecule has 0 saturated heterocycles. The Balaban J connectivity index is 2.88. The fraction of sp³-hybridized carbons (Fsp3) is 0.562. The molecule has 1 aromatic rings. The van der Waals surface area contributed by atoms with Crippen molar-refractivity contribution in [1.82, 2.24) is 4.90 Å². The molecule has 0 radical (unpaired) electrons. The monoisotopic (exact) mass is 297 g/mol. The summed E-state index contributed by atoms with van der Waals surface area (Å²) in [7, 11) is 0. The van der Waals surface area contributed by atoms with E-state index in [0.717, 1.165) is 12.2 Å². The lowest BCUT2D eigenvalue weighted by atomic mass is 10.1. The molecule has 0 unspecified atom stereocenters. The standard InChI is InChI=1S/C16H24ClNO2/c1-12(2)18(10-6-9-17)16(19)14-7-5-8-15(11-14)20-13(3)4/h5,7-8,11-13H,6,9-10H2,1-4H3. The second-order valence-corrected chi connectivity index (χ2v) is 5.71. The van der Waals surface area contributed by atoms with Crippen LogP contribution < -0.4 is 4.74 Å². The third-order valence-electron chi connectivity index (χ3n) is 2.87. The Morgan fingerprint density at radius 2 is 2.00 bits per heavy atom. The molecule has 1 aromatic carbocycles. The minimum absolute atomic E-state index is 0.0272. The molecule has 0 saturated carbocycles. The van der Waals surface area contributed by atoms with E-state index in [1.807, 2.05) is 50.8 Å². The SMILES string of the molecule is CC(C)Oc1cccc(C(=O)N(CCCCl)C(C)C)c1. The van der Waals surface area contributed by atoms with Crippen molar-refractivity contribution in [2.75, 3.05) is 12.4 Å². The molecule has 1 amide bonds. The number of carbonyl (C=O) groups is 1. The number of benzene rings is 1. The van der Waals surface area contributed by atoms with Gasteiger partial charge in [0, 0.05) is 24.0 Å².